The van der Waals surface area contributed by atoms with Crippen molar-refractivity contribution in [1.82, 2.24) is 0 Å². The van der Waals surface area contributed by atoms with Crippen LogP contribution >= 0.6 is 0 Å². The van der Waals surface area contributed by atoms with Gasteiger partial charge in [0.2, 0.25) is 6.79 Å². The molecule has 1 atom stereocenters. The molecule has 0 radical (unpaired) electrons. The second-order valence-electron chi connectivity index (χ2n) is 4.61. The van der Waals surface area contributed by atoms with Crippen LogP contribution in [0.2, 0.25) is 0 Å². The number of hydrogen-bond acceptors (Lipinski definition) is 3. The van der Waals surface area contributed by atoms with Gasteiger partial charge in [0.1, 0.15) is 0 Å². The zero-order valence-corrected chi connectivity index (χ0v) is 10.8. The fourth-order valence-corrected chi connectivity index (χ4v) is 2.10. The van der Waals surface area contributed by atoms with Gasteiger partial charge >= 0.3 is 0 Å². The minimum absolute atomic E-state index is 0.162. The Kier molecular flexibility index (Phi) is 3.18. The molecule has 0 bridgehead atoms. The lowest BCUT2D eigenvalue weighted by Crippen LogP contribution is -2.07. The molecule has 1 heterocycles. The van der Waals surface area contributed by atoms with Crippen LogP contribution in [0.5, 0.6) is 11.5 Å². The Morgan fingerprint density at radius 3 is 2.60 bits per heavy atom. The topological polar surface area (TPSA) is 30.5 Å². The van der Waals surface area contributed by atoms with E-state index in [1.165, 1.54) is 6.07 Å². The normalized spacial score (nSPS) is 14.2. The summed E-state index contributed by atoms with van der Waals surface area (Å²) in [6, 6.07) is 9.20. The molecule has 5 heteroatoms. The van der Waals surface area contributed by atoms with Crippen molar-refractivity contribution in [2.24, 2.45) is 0 Å². The maximum atomic E-state index is 13.2. The summed E-state index contributed by atoms with van der Waals surface area (Å²) < 4.78 is 36.7. The van der Waals surface area contributed by atoms with E-state index in [0.717, 1.165) is 11.8 Å². The molecule has 0 saturated carbocycles. The molecule has 3 rings (SSSR count). The van der Waals surface area contributed by atoms with E-state index in [1.54, 1.807) is 6.07 Å². The maximum absolute atomic E-state index is 13.2. The SMILES string of the molecule is CC(Nc1ccc2c(c1)OCO2)c1ccc(F)c(F)c1. The first kappa shape index (κ1) is 12.7. The molecule has 104 valence electrons. The average molecular weight is 277 g/mol. The summed E-state index contributed by atoms with van der Waals surface area (Å²) in [4.78, 5) is 0. The zero-order valence-electron chi connectivity index (χ0n) is 10.8. The number of halogens is 2. The third kappa shape index (κ3) is 2.39. The Hall–Kier alpha value is -2.30. The molecule has 1 N–H and O–H groups in total. The fourth-order valence-electron chi connectivity index (χ4n) is 2.10. The highest BCUT2D eigenvalue weighted by molar-refractivity contribution is 5.56. The predicted octanol–water partition coefficient (Wildman–Crippen LogP) is 3.87. The minimum Gasteiger partial charge on any atom is -0.454 e. The van der Waals surface area contributed by atoms with Gasteiger partial charge in [-0.3, -0.25) is 0 Å². The lowest BCUT2D eigenvalue weighted by Gasteiger charge is -2.16. The molecular formula is C15H13F2NO2. The van der Waals surface area contributed by atoms with Crippen LogP contribution < -0.4 is 14.8 Å². The Morgan fingerprint density at radius 1 is 1.00 bits per heavy atom. The number of hydrogen-bond donors (Lipinski definition) is 1. The van der Waals surface area contributed by atoms with Crippen molar-refractivity contribution in [3.63, 3.8) is 0 Å². The molecule has 0 saturated heterocycles. The number of benzene rings is 2. The lowest BCUT2D eigenvalue weighted by atomic mass is 10.1. The minimum atomic E-state index is -0.846. The lowest BCUT2D eigenvalue weighted by molar-refractivity contribution is 0.174. The quantitative estimate of drug-likeness (QED) is 0.924. The number of nitrogens with one attached hydrogen (secondary N) is 1. The molecular weight excluding hydrogens is 264 g/mol. The zero-order chi connectivity index (χ0) is 14.1. The maximum Gasteiger partial charge on any atom is 0.231 e. The van der Waals surface area contributed by atoms with E-state index in [-0.39, 0.29) is 12.8 Å². The molecule has 0 aromatic heterocycles. The molecule has 2 aromatic rings. The number of anilines is 1. The monoisotopic (exact) mass is 277 g/mol. The van der Waals surface area contributed by atoms with Crippen LogP contribution in [0.15, 0.2) is 36.4 Å². The van der Waals surface area contributed by atoms with Crippen molar-refractivity contribution < 1.29 is 18.3 Å². The first-order valence-electron chi connectivity index (χ1n) is 6.24. The standard InChI is InChI=1S/C15H13F2NO2/c1-9(10-2-4-12(16)13(17)6-10)18-11-3-5-14-15(7-11)20-8-19-14/h2-7,9,18H,8H2,1H3. The van der Waals surface area contributed by atoms with Crippen LogP contribution in [0.1, 0.15) is 18.5 Å². The van der Waals surface area contributed by atoms with Gasteiger partial charge in [0, 0.05) is 17.8 Å². The van der Waals surface area contributed by atoms with Crippen molar-refractivity contribution in [1.29, 1.82) is 0 Å². The Balaban J connectivity index is 1.78. The average Bonchev–Trinajstić information content (AvgIpc) is 2.89. The van der Waals surface area contributed by atoms with Gasteiger partial charge in [-0.1, -0.05) is 6.07 Å². The molecule has 1 aliphatic heterocycles. The molecule has 0 amide bonds. The van der Waals surface area contributed by atoms with E-state index in [4.69, 9.17) is 9.47 Å². The highest BCUT2D eigenvalue weighted by atomic mass is 19.2. The first-order chi connectivity index (χ1) is 9.63. The van der Waals surface area contributed by atoms with Gasteiger partial charge in [-0.2, -0.15) is 0 Å². The molecule has 0 fully saturated rings. The molecule has 2 aromatic carbocycles. The van der Waals surface area contributed by atoms with E-state index < -0.39 is 11.6 Å². The van der Waals surface area contributed by atoms with Gasteiger partial charge in [-0.15, -0.1) is 0 Å². The highest BCUT2D eigenvalue weighted by Gasteiger charge is 2.15. The highest BCUT2D eigenvalue weighted by Crippen LogP contribution is 2.35. The van der Waals surface area contributed by atoms with E-state index in [1.807, 2.05) is 25.1 Å². The smallest absolute Gasteiger partial charge is 0.231 e. The van der Waals surface area contributed by atoms with Crippen LogP contribution in [0.4, 0.5) is 14.5 Å². The molecule has 1 aliphatic rings. The van der Waals surface area contributed by atoms with Gasteiger partial charge in [0.15, 0.2) is 23.1 Å². The molecule has 1 unspecified atom stereocenters. The summed E-state index contributed by atoms with van der Waals surface area (Å²) in [5.74, 6) is -0.311. The van der Waals surface area contributed by atoms with Crippen LogP contribution in [0.25, 0.3) is 0 Å². The van der Waals surface area contributed by atoms with Gasteiger partial charge in [-0.05, 0) is 36.8 Å². The largest absolute Gasteiger partial charge is 0.454 e. The van der Waals surface area contributed by atoms with Crippen molar-refractivity contribution in [2.75, 3.05) is 12.1 Å². The van der Waals surface area contributed by atoms with Crippen molar-refractivity contribution in [2.45, 2.75) is 13.0 Å². The third-order valence-corrected chi connectivity index (χ3v) is 3.20. The van der Waals surface area contributed by atoms with Crippen LogP contribution in [-0.4, -0.2) is 6.79 Å². The number of fused-ring (bicyclic) bond motifs is 1. The second-order valence-corrected chi connectivity index (χ2v) is 4.61. The van der Waals surface area contributed by atoms with E-state index >= 15 is 0 Å². The number of ether oxygens (including phenoxy) is 2. The van der Waals surface area contributed by atoms with Crippen LogP contribution in [-0.2, 0) is 0 Å². The summed E-state index contributed by atoms with van der Waals surface area (Å²) in [5, 5.41) is 3.21. The fraction of sp³-hybridized carbons (Fsp3) is 0.200. The Labute approximate surface area is 115 Å². The van der Waals surface area contributed by atoms with Gasteiger partial charge < -0.3 is 14.8 Å². The van der Waals surface area contributed by atoms with Gasteiger partial charge in [0.05, 0.1) is 0 Å². The summed E-state index contributed by atoms with van der Waals surface area (Å²) in [6.45, 7) is 2.09. The molecule has 20 heavy (non-hydrogen) atoms. The molecule has 0 aliphatic carbocycles. The Morgan fingerprint density at radius 2 is 1.80 bits per heavy atom. The summed E-state index contributed by atoms with van der Waals surface area (Å²) in [7, 11) is 0. The van der Waals surface area contributed by atoms with Gasteiger partial charge in [-0.25, -0.2) is 8.78 Å². The predicted molar refractivity (Wildman–Crippen MR) is 71.0 cm³/mol. The van der Waals surface area contributed by atoms with Crippen LogP contribution in [0.3, 0.4) is 0 Å². The van der Waals surface area contributed by atoms with Gasteiger partial charge in [0.25, 0.3) is 0 Å². The van der Waals surface area contributed by atoms with E-state index in [9.17, 15) is 8.78 Å². The van der Waals surface area contributed by atoms with E-state index in [0.29, 0.717) is 17.1 Å². The van der Waals surface area contributed by atoms with Crippen LogP contribution in [0, 0.1) is 11.6 Å². The first-order valence-corrected chi connectivity index (χ1v) is 6.24. The van der Waals surface area contributed by atoms with Crippen molar-refractivity contribution in [3.05, 3.63) is 53.6 Å². The molecule has 3 nitrogen and oxygen atoms in total. The number of rotatable bonds is 3. The summed E-state index contributed by atoms with van der Waals surface area (Å²) >= 11 is 0. The third-order valence-electron chi connectivity index (χ3n) is 3.20. The van der Waals surface area contributed by atoms with Crippen molar-refractivity contribution >= 4 is 5.69 Å². The second kappa shape index (κ2) is 5.00. The summed E-state index contributed by atoms with van der Waals surface area (Å²) in [6.07, 6.45) is 0. The molecule has 0 spiro atoms. The summed E-state index contributed by atoms with van der Waals surface area (Å²) in [5.41, 5.74) is 1.49. The Bertz CT molecular complexity index is 646. The van der Waals surface area contributed by atoms with E-state index in [2.05, 4.69) is 5.32 Å². The van der Waals surface area contributed by atoms with Crippen molar-refractivity contribution in [3.8, 4) is 11.5 Å².